The van der Waals surface area contributed by atoms with Crippen LogP contribution in [0.1, 0.15) is 24.5 Å². The van der Waals surface area contributed by atoms with Crippen molar-refractivity contribution in [1.29, 1.82) is 0 Å². The van der Waals surface area contributed by atoms with Crippen molar-refractivity contribution in [1.82, 2.24) is 0 Å². The zero-order valence-electron chi connectivity index (χ0n) is 9.05. The van der Waals surface area contributed by atoms with Crippen LogP contribution in [0.4, 0.5) is 0 Å². The van der Waals surface area contributed by atoms with E-state index in [1.807, 2.05) is 26.0 Å². The van der Waals surface area contributed by atoms with E-state index in [2.05, 4.69) is 22.0 Å². The van der Waals surface area contributed by atoms with Crippen LogP contribution in [0.5, 0.6) is 0 Å². The number of hydrogen-bond acceptors (Lipinski definition) is 2. The fourth-order valence-electron chi connectivity index (χ4n) is 1.34. The lowest BCUT2D eigenvalue weighted by molar-refractivity contribution is -0.143. The summed E-state index contributed by atoms with van der Waals surface area (Å²) in [5, 5.41) is 0. The van der Waals surface area contributed by atoms with Crippen molar-refractivity contribution in [3.63, 3.8) is 0 Å². The average molecular weight is 271 g/mol. The molecule has 0 amide bonds. The molecule has 2 nitrogen and oxygen atoms in total. The topological polar surface area (TPSA) is 26.3 Å². The van der Waals surface area contributed by atoms with E-state index in [-0.39, 0.29) is 5.97 Å². The van der Waals surface area contributed by atoms with Crippen LogP contribution in [-0.2, 0) is 16.0 Å². The van der Waals surface area contributed by atoms with Gasteiger partial charge in [0.25, 0.3) is 0 Å². The molecule has 0 atom stereocenters. The van der Waals surface area contributed by atoms with Crippen molar-refractivity contribution in [3.8, 4) is 0 Å². The van der Waals surface area contributed by atoms with Crippen molar-refractivity contribution in [2.45, 2.75) is 26.7 Å². The Morgan fingerprint density at radius 3 is 2.80 bits per heavy atom. The number of carbonyl (C=O) groups is 1. The van der Waals surface area contributed by atoms with Gasteiger partial charge < -0.3 is 4.74 Å². The SMILES string of the molecule is CCOC(=O)CCc1ccc(Br)c(C)c1. The summed E-state index contributed by atoms with van der Waals surface area (Å²) in [5.41, 5.74) is 2.36. The normalized spacial score (nSPS) is 10.1. The molecule has 0 saturated carbocycles. The van der Waals surface area contributed by atoms with E-state index in [1.54, 1.807) is 0 Å². The second kappa shape index (κ2) is 5.91. The zero-order valence-corrected chi connectivity index (χ0v) is 10.6. The van der Waals surface area contributed by atoms with Gasteiger partial charge in [0.2, 0.25) is 0 Å². The van der Waals surface area contributed by atoms with Crippen LogP contribution >= 0.6 is 15.9 Å². The summed E-state index contributed by atoms with van der Waals surface area (Å²) in [6.07, 6.45) is 1.20. The van der Waals surface area contributed by atoms with Crippen molar-refractivity contribution < 1.29 is 9.53 Å². The fraction of sp³-hybridized carbons (Fsp3) is 0.417. The molecule has 0 heterocycles. The molecule has 0 fully saturated rings. The molecule has 1 rings (SSSR count). The number of ether oxygens (including phenoxy) is 1. The van der Waals surface area contributed by atoms with Crippen LogP contribution in [-0.4, -0.2) is 12.6 Å². The molecule has 0 saturated heterocycles. The van der Waals surface area contributed by atoms with Crippen LogP contribution in [0.15, 0.2) is 22.7 Å². The molecule has 3 heteroatoms. The predicted octanol–water partition coefficient (Wildman–Crippen LogP) is 3.25. The van der Waals surface area contributed by atoms with E-state index < -0.39 is 0 Å². The van der Waals surface area contributed by atoms with E-state index in [0.717, 1.165) is 10.9 Å². The Hall–Kier alpha value is -0.830. The largest absolute Gasteiger partial charge is 0.466 e. The average Bonchev–Trinajstić information content (AvgIpc) is 2.20. The van der Waals surface area contributed by atoms with Gasteiger partial charge in [0, 0.05) is 10.9 Å². The summed E-state index contributed by atoms with van der Waals surface area (Å²) >= 11 is 3.44. The first-order valence-corrected chi connectivity index (χ1v) is 5.83. The van der Waals surface area contributed by atoms with Crippen LogP contribution in [0.2, 0.25) is 0 Å². The summed E-state index contributed by atoms with van der Waals surface area (Å²) in [7, 11) is 0. The van der Waals surface area contributed by atoms with Crippen LogP contribution in [0, 0.1) is 6.92 Å². The van der Waals surface area contributed by atoms with Gasteiger partial charge in [-0.15, -0.1) is 0 Å². The van der Waals surface area contributed by atoms with Gasteiger partial charge in [0.1, 0.15) is 0 Å². The lowest BCUT2D eigenvalue weighted by Gasteiger charge is -2.04. The Morgan fingerprint density at radius 1 is 1.47 bits per heavy atom. The summed E-state index contributed by atoms with van der Waals surface area (Å²) < 4.78 is 5.97. The number of hydrogen-bond donors (Lipinski definition) is 0. The lowest BCUT2D eigenvalue weighted by Crippen LogP contribution is -2.05. The Morgan fingerprint density at radius 2 is 2.20 bits per heavy atom. The smallest absolute Gasteiger partial charge is 0.306 e. The Balaban J connectivity index is 2.51. The summed E-state index contributed by atoms with van der Waals surface area (Å²) in [6, 6.07) is 6.12. The number of esters is 1. The van der Waals surface area contributed by atoms with E-state index in [0.29, 0.717) is 13.0 Å². The van der Waals surface area contributed by atoms with Crippen LogP contribution < -0.4 is 0 Å². The van der Waals surface area contributed by atoms with Gasteiger partial charge in [-0.3, -0.25) is 4.79 Å². The molecular weight excluding hydrogens is 256 g/mol. The summed E-state index contributed by atoms with van der Waals surface area (Å²) in [5.74, 6) is -0.127. The van der Waals surface area contributed by atoms with Gasteiger partial charge in [0.15, 0.2) is 0 Å². The number of aryl methyl sites for hydroxylation is 2. The van der Waals surface area contributed by atoms with Crippen molar-refractivity contribution in [3.05, 3.63) is 33.8 Å². The second-order valence-corrected chi connectivity index (χ2v) is 4.24. The molecule has 0 aromatic heterocycles. The highest BCUT2D eigenvalue weighted by molar-refractivity contribution is 9.10. The van der Waals surface area contributed by atoms with Crippen molar-refractivity contribution >= 4 is 21.9 Å². The fourth-order valence-corrected chi connectivity index (χ4v) is 1.59. The minimum absolute atomic E-state index is 0.127. The molecule has 0 aliphatic rings. The molecule has 1 aromatic carbocycles. The standard InChI is InChI=1S/C12H15BrO2/c1-3-15-12(14)7-5-10-4-6-11(13)9(2)8-10/h4,6,8H,3,5,7H2,1-2H3. The quantitative estimate of drug-likeness (QED) is 0.786. The third kappa shape index (κ3) is 4.04. The van der Waals surface area contributed by atoms with E-state index >= 15 is 0 Å². The van der Waals surface area contributed by atoms with Gasteiger partial charge in [-0.2, -0.15) is 0 Å². The van der Waals surface area contributed by atoms with E-state index in [9.17, 15) is 4.79 Å². The van der Waals surface area contributed by atoms with Gasteiger partial charge in [-0.05, 0) is 37.5 Å². The Bertz CT molecular complexity index is 347. The maximum Gasteiger partial charge on any atom is 0.306 e. The minimum atomic E-state index is -0.127. The van der Waals surface area contributed by atoms with Gasteiger partial charge in [-0.25, -0.2) is 0 Å². The van der Waals surface area contributed by atoms with Crippen molar-refractivity contribution in [2.75, 3.05) is 6.61 Å². The number of benzene rings is 1. The maximum atomic E-state index is 11.1. The van der Waals surface area contributed by atoms with Crippen LogP contribution in [0.25, 0.3) is 0 Å². The number of rotatable bonds is 4. The highest BCUT2D eigenvalue weighted by Crippen LogP contribution is 2.17. The molecular formula is C12H15BrO2. The molecule has 1 aromatic rings. The van der Waals surface area contributed by atoms with E-state index in [4.69, 9.17) is 4.74 Å². The molecule has 15 heavy (non-hydrogen) atoms. The molecule has 0 aliphatic carbocycles. The first-order chi connectivity index (χ1) is 7.13. The molecule has 0 radical (unpaired) electrons. The second-order valence-electron chi connectivity index (χ2n) is 3.39. The molecule has 0 bridgehead atoms. The molecule has 82 valence electrons. The summed E-state index contributed by atoms with van der Waals surface area (Å²) in [6.45, 7) is 4.32. The number of carbonyl (C=O) groups excluding carboxylic acids is 1. The van der Waals surface area contributed by atoms with Crippen LogP contribution in [0.3, 0.4) is 0 Å². The first kappa shape index (κ1) is 12.2. The molecule has 0 N–H and O–H groups in total. The third-order valence-electron chi connectivity index (χ3n) is 2.15. The van der Waals surface area contributed by atoms with Gasteiger partial charge >= 0.3 is 5.97 Å². The van der Waals surface area contributed by atoms with Gasteiger partial charge in [-0.1, -0.05) is 28.1 Å². The Kier molecular flexibility index (Phi) is 4.82. The zero-order chi connectivity index (χ0) is 11.3. The molecule has 0 aliphatic heterocycles. The summed E-state index contributed by atoms with van der Waals surface area (Å²) in [4.78, 5) is 11.1. The van der Waals surface area contributed by atoms with Gasteiger partial charge in [0.05, 0.1) is 6.61 Å². The minimum Gasteiger partial charge on any atom is -0.466 e. The molecule has 0 unspecified atom stereocenters. The highest BCUT2D eigenvalue weighted by Gasteiger charge is 2.03. The Labute approximate surface area is 98.8 Å². The van der Waals surface area contributed by atoms with E-state index in [1.165, 1.54) is 11.1 Å². The van der Waals surface area contributed by atoms with Crippen molar-refractivity contribution in [2.24, 2.45) is 0 Å². The predicted molar refractivity (Wildman–Crippen MR) is 63.8 cm³/mol. The highest BCUT2D eigenvalue weighted by atomic mass is 79.9. The maximum absolute atomic E-state index is 11.1. The number of halogens is 1. The third-order valence-corrected chi connectivity index (χ3v) is 3.04. The lowest BCUT2D eigenvalue weighted by atomic mass is 10.1. The first-order valence-electron chi connectivity index (χ1n) is 5.04. The monoisotopic (exact) mass is 270 g/mol. The molecule has 0 spiro atoms.